The molecule has 0 aliphatic carbocycles. The molecule has 3 rings (SSSR count). The molecule has 1 aromatic heterocycles. The van der Waals surface area contributed by atoms with Crippen LogP contribution in [-0.2, 0) is 16.3 Å². The Labute approximate surface area is 194 Å². The van der Waals surface area contributed by atoms with E-state index in [1.54, 1.807) is 17.0 Å². The predicted molar refractivity (Wildman–Crippen MR) is 131 cm³/mol. The molecule has 0 aliphatic rings. The Hall–Kier alpha value is -2.00. The van der Waals surface area contributed by atoms with Crippen LogP contribution in [-0.4, -0.2) is 57.6 Å². The molecule has 1 amide bonds. The Morgan fingerprint density at radius 3 is 2.32 bits per heavy atom. The Morgan fingerprint density at radius 1 is 1.06 bits per heavy atom. The van der Waals surface area contributed by atoms with Gasteiger partial charge in [-0.2, -0.15) is 0 Å². The van der Waals surface area contributed by atoms with Crippen LogP contribution in [0.15, 0.2) is 47.4 Å². The molecule has 0 unspecified atom stereocenters. The van der Waals surface area contributed by atoms with Crippen molar-refractivity contribution >= 4 is 54.8 Å². The molecule has 0 bridgehead atoms. The molecule has 2 aromatic carbocycles. The van der Waals surface area contributed by atoms with Crippen molar-refractivity contribution in [2.45, 2.75) is 24.7 Å². The first kappa shape index (κ1) is 25.3. The lowest BCUT2D eigenvalue weighted by atomic mass is 10.2. The minimum absolute atomic E-state index is 0. The number of anilines is 1. The van der Waals surface area contributed by atoms with Crippen molar-refractivity contribution in [2.75, 3.05) is 38.3 Å². The molecular weight excluding hydrogens is 454 g/mol. The van der Waals surface area contributed by atoms with Gasteiger partial charge in [-0.25, -0.2) is 13.4 Å². The van der Waals surface area contributed by atoms with E-state index in [4.69, 9.17) is 4.98 Å². The first-order chi connectivity index (χ1) is 14.2. The molecular formula is C22H28ClN3O3S2. The third kappa shape index (κ3) is 6.26. The second kappa shape index (κ2) is 10.5. The van der Waals surface area contributed by atoms with Crippen molar-refractivity contribution < 1.29 is 13.2 Å². The molecule has 31 heavy (non-hydrogen) atoms. The SMILES string of the molecule is CCc1ccc2nc(N(CCCN(C)C)C(=O)c3ccc(S(C)(=O)=O)cc3)sc2c1.Cl. The minimum atomic E-state index is -3.31. The average Bonchev–Trinajstić information content (AvgIpc) is 3.12. The fourth-order valence-electron chi connectivity index (χ4n) is 3.12. The Morgan fingerprint density at radius 2 is 1.74 bits per heavy atom. The van der Waals surface area contributed by atoms with E-state index in [0.29, 0.717) is 17.2 Å². The minimum Gasteiger partial charge on any atom is -0.309 e. The van der Waals surface area contributed by atoms with Crippen LogP contribution >= 0.6 is 23.7 Å². The number of hydrogen-bond donors (Lipinski definition) is 0. The summed E-state index contributed by atoms with van der Waals surface area (Å²) in [4.78, 5) is 22.0. The van der Waals surface area contributed by atoms with Crippen molar-refractivity contribution in [1.82, 2.24) is 9.88 Å². The van der Waals surface area contributed by atoms with Gasteiger partial charge in [0.25, 0.3) is 5.91 Å². The molecule has 6 nitrogen and oxygen atoms in total. The van der Waals surface area contributed by atoms with Crippen LogP contribution in [0.3, 0.4) is 0 Å². The summed E-state index contributed by atoms with van der Waals surface area (Å²) in [6, 6.07) is 12.3. The summed E-state index contributed by atoms with van der Waals surface area (Å²) in [5, 5.41) is 0.661. The molecule has 0 N–H and O–H groups in total. The van der Waals surface area contributed by atoms with Gasteiger partial charge in [0.15, 0.2) is 15.0 Å². The largest absolute Gasteiger partial charge is 0.309 e. The molecule has 0 fully saturated rings. The molecule has 0 radical (unpaired) electrons. The lowest BCUT2D eigenvalue weighted by molar-refractivity contribution is 0.0986. The molecule has 3 aromatic rings. The van der Waals surface area contributed by atoms with E-state index in [9.17, 15) is 13.2 Å². The summed E-state index contributed by atoms with van der Waals surface area (Å²) in [6.45, 7) is 3.49. The van der Waals surface area contributed by atoms with Crippen LogP contribution in [0.1, 0.15) is 29.3 Å². The van der Waals surface area contributed by atoms with Crippen molar-refractivity contribution in [3.05, 3.63) is 53.6 Å². The summed E-state index contributed by atoms with van der Waals surface area (Å²) in [5.41, 5.74) is 2.56. The number of carbonyl (C=O) groups is 1. The first-order valence-electron chi connectivity index (χ1n) is 9.85. The number of benzene rings is 2. The number of carbonyl (C=O) groups excluding carboxylic acids is 1. The van der Waals surface area contributed by atoms with Gasteiger partial charge in [0.2, 0.25) is 0 Å². The van der Waals surface area contributed by atoms with Crippen LogP contribution < -0.4 is 4.90 Å². The van der Waals surface area contributed by atoms with Gasteiger partial charge in [-0.05, 0) is 75.4 Å². The number of aryl methyl sites for hydroxylation is 1. The normalized spacial score (nSPS) is 11.5. The van der Waals surface area contributed by atoms with E-state index in [2.05, 4.69) is 24.0 Å². The van der Waals surface area contributed by atoms with Crippen LogP contribution in [0, 0.1) is 0 Å². The molecule has 0 spiro atoms. The highest BCUT2D eigenvalue weighted by atomic mass is 35.5. The van der Waals surface area contributed by atoms with Gasteiger partial charge in [0.05, 0.1) is 15.1 Å². The zero-order valence-corrected chi connectivity index (χ0v) is 20.6. The lowest BCUT2D eigenvalue weighted by Gasteiger charge is -2.21. The number of sulfone groups is 1. The highest BCUT2D eigenvalue weighted by Crippen LogP contribution is 2.31. The number of fused-ring (bicyclic) bond motifs is 1. The number of nitrogens with zero attached hydrogens (tertiary/aromatic N) is 3. The number of aromatic nitrogens is 1. The number of halogens is 1. The maximum Gasteiger partial charge on any atom is 0.260 e. The van der Waals surface area contributed by atoms with Crippen LogP contribution in [0.2, 0.25) is 0 Å². The van der Waals surface area contributed by atoms with Gasteiger partial charge in [-0.3, -0.25) is 9.69 Å². The van der Waals surface area contributed by atoms with E-state index in [-0.39, 0.29) is 23.2 Å². The van der Waals surface area contributed by atoms with E-state index in [1.165, 1.54) is 29.0 Å². The van der Waals surface area contributed by atoms with Crippen LogP contribution in [0.4, 0.5) is 5.13 Å². The third-order valence-electron chi connectivity index (χ3n) is 4.84. The second-order valence-corrected chi connectivity index (χ2v) is 10.6. The summed E-state index contributed by atoms with van der Waals surface area (Å²) in [7, 11) is 0.694. The zero-order valence-electron chi connectivity index (χ0n) is 18.2. The second-order valence-electron chi connectivity index (χ2n) is 7.56. The summed E-state index contributed by atoms with van der Waals surface area (Å²) in [6.07, 6.45) is 2.90. The molecule has 0 aliphatic heterocycles. The fourth-order valence-corrected chi connectivity index (χ4v) is 4.81. The summed E-state index contributed by atoms with van der Waals surface area (Å²) in [5.74, 6) is -0.177. The van der Waals surface area contributed by atoms with E-state index < -0.39 is 9.84 Å². The molecule has 1 heterocycles. The Kier molecular flexibility index (Phi) is 8.59. The molecule has 0 atom stereocenters. The number of rotatable bonds is 8. The monoisotopic (exact) mass is 481 g/mol. The van der Waals surface area contributed by atoms with Crippen molar-refractivity contribution in [2.24, 2.45) is 0 Å². The molecule has 0 saturated heterocycles. The summed E-state index contributed by atoms with van der Waals surface area (Å²) < 4.78 is 24.5. The highest BCUT2D eigenvalue weighted by Gasteiger charge is 2.22. The van der Waals surface area contributed by atoms with Gasteiger partial charge in [-0.15, -0.1) is 12.4 Å². The molecule has 9 heteroatoms. The lowest BCUT2D eigenvalue weighted by Crippen LogP contribution is -2.33. The Balaban J connectivity index is 0.00000341. The predicted octanol–water partition coefficient (Wildman–Crippen LogP) is 4.28. The standard InChI is InChI=1S/C22H27N3O3S2.ClH/c1-5-16-7-12-19-20(15-16)29-22(23-19)25(14-6-13-24(2)3)21(26)17-8-10-18(11-9-17)30(4,27)28;/h7-12,15H,5-6,13-14H2,1-4H3;1H. The van der Waals surface area contributed by atoms with E-state index in [1.807, 2.05) is 20.2 Å². The van der Waals surface area contributed by atoms with Crippen LogP contribution in [0.25, 0.3) is 10.2 Å². The average molecular weight is 482 g/mol. The molecule has 0 saturated carbocycles. The third-order valence-corrected chi connectivity index (χ3v) is 7.01. The zero-order chi connectivity index (χ0) is 21.9. The molecule has 168 valence electrons. The number of thiazole rings is 1. The van der Waals surface area contributed by atoms with Gasteiger partial charge >= 0.3 is 0 Å². The van der Waals surface area contributed by atoms with Crippen molar-refractivity contribution in [1.29, 1.82) is 0 Å². The van der Waals surface area contributed by atoms with Gasteiger partial charge < -0.3 is 4.90 Å². The van der Waals surface area contributed by atoms with Crippen LogP contribution in [0.5, 0.6) is 0 Å². The summed E-state index contributed by atoms with van der Waals surface area (Å²) >= 11 is 1.51. The number of hydrogen-bond acceptors (Lipinski definition) is 6. The first-order valence-corrected chi connectivity index (χ1v) is 12.6. The Bertz CT molecular complexity index is 1140. The van der Waals surface area contributed by atoms with Gasteiger partial charge in [0.1, 0.15) is 0 Å². The fraction of sp³-hybridized carbons (Fsp3) is 0.364. The van der Waals surface area contributed by atoms with E-state index in [0.717, 1.165) is 35.9 Å². The topological polar surface area (TPSA) is 70.6 Å². The van der Waals surface area contributed by atoms with E-state index >= 15 is 0 Å². The van der Waals surface area contributed by atoms with Gasteiger partial charge in [0, 0.05) is 18.4 Å². The quantitative estimate of drug-likeness (QED) is 0.480. The maximum atomic E-state index is 13.3. The maximum absolute atomic E-state index is 13.3. The number of amides is 1. The van der Waals surface area contributed by atoms with Gasteiger partial charge in [-0.1, -0.05) is 24.3 Å². The van der Waals surface area contributed by atoms with Crippen molar-refractivity contribution in [3.63, 3.8) is 0 Å². The highest BCUT2D eigenvalue weighted by molar-refractivity contribution is 7.90. The smallest absolute Gasteiger partial charge is 0.260 e. The van der Waals surface area contributed by atoms with Crippen molar-refractivity contribution in [3.8, 4) is 0 Å².